The Kier molecular flexibility index (Phi) is 6.55. The number of carbonyl (C=O) groups excluding carboxylic acids is 2. The zero-order chi connectivity index (χ0) is 16.5. The maximum absolute atomic E-state index is 12.0. The first-order valence-electron chi connectivity index (χ1n) is 7.95. The average molecular weight is 319 g/mol. The van der Waals surface area contributed by atoms with Crippen LogP contribution in [0.2, 0.25) is 0 Å². The van der Waals surface area contributed by atoms with Gasteiger partial charge >= 0.3 is 0 Å². The van der Waals surface area contributed by atoms with Crippen molar-refractivity contribution in [3.8, 4) is 0 Å². The van der Waals surface area contributed by atoms with E-state index in [0.29, 0.717) is 18.7 Å². The first-order chi connectivity index (χ1) is 11.2. The standard InChI is InChI=1S/C17H25N3O3/c1-23-13-17(7-9-18-10-8-17)12-20-15(21)11-19-16(22)14-5-3-2-4-6-14/h2-6,18H,7-13H2,1H3,(H,19,22)(H,20,21). The maximum Gasteiger partial charge on any atom is 0.251 e. The Bertz CT molecular complexity index is 508. The van der Waals surface area contributed by atoms with E-state index in [4.69, 9.17) is 4.74 Å². The number of piperidine rings is 1. The number of hydrogen-bond acceptors (Lipinski definition) is 4. The van der Waals surface area contributed by atoms with Gasteiger partial charge in [0.15, 0.2) is 0 Å². The van der Waals surface area contributed by atoms with Crippen LogP contribution in [-0.2, 0) is 9.53 Å². The van der Waals surface area contributed by atoms with E-state index in [2.05, 4.69) is 16.0 Å². The van der Waals surface area contributed by atoms with Crippen LogP contribution in [0.25, 0.3) is 0 Å². The largest absolute Gasteiger partial charge is 0.384 e. The smallest absolute Gasteiger partial charge is 0.251 e. The van der Waals surface area contributed by atoms with Crippen LogP contribution in [0.15, 0.2) is 30.3 Å². The van der Waals surface area contributed by atoms with Crippen LogP contribution < -0.4 is 16.0 Å². The van der Waals surface area contributed by atoms with Gasteiger partial charge in [-0.15, -0.1) is 0 Å². The van der Waals surface area contributed by atoms with E-state index in [1.54, 1.807) is 31.4 Å². The zero-order valence-corrected chi connectivity index (χ0v) is 13.6. The van der Waals surface area contributed by atoms with Crippen LogP contribution in [0.1, 0.15) is 23.2 Å². The van der Waals surface area contributed by atoms with Gasteiger partial charge in [-0.05, 0) is 38.1 Å². The molecule has 0 radical (unpaired) electrons. The monoisotopic (exact) mass is 319 g/mol. The summed E-state index contributed by atoms with van der Waals surface area (Å²) in [6.07, 6.45) is 1.94. The third-order valence-corrected chi connectivity index (χ3v) is 4.22. The van der Waals surface area contributed by atoms with Gasteiger partial charge in [-0.2, -0.15) is 0 Å². The first-order valence-corrected chi connectivity index (χ1v) is 7.95. The minimum Gasteiger partial charge on any atom is -0.384 e. The first kappa shape index (κ1) is 17.4. The van der Waals surface area contributed by atoms with E-state index in [0.717, 1.165) is 25.9 Å². The number of nitrogens with one attached hydrogen (secondary N) is 3. The quantitative estimate of drug-likeness (QED) is 0.686. The molecule has 1 aliphatic rings. The minimum absolute atomic E-state index is 0.0148. The Morgan fingerprint density at radius 2 is 1.87 bits per heavy atom. The van der Waals surface area contributed by atoms with Crippen molar-refractivity contribution in [2.24, 2.45) is 5.41 Å². The number of ether oxygens (including phenoxy) is 1. The van der Waals surface area contributed by atoms with Crippen molar-refractivity contribution in [2.75, 3.05) is 39.9 Å². The Morgan fingerprint density at radius 1 is 1.17 bits per heavy atom. The van der Waals surface area contributed by atoms with Gasteiger partial charge in [0.05, 0.1) is 13.2 Å². The molecule has 6 nitrogen and oxygen atoms in total. The maximum atomic E-state index is 12.0. The van der Waals surface area contributed by atoms with Crippen molar-refractivity contribution < 1.29 is 14.3 Å². The van der Waals surface area contributed by atoms with Gasteiger partial charge in [0, 0.05) is 24.6 Å². The summed E-state index contributed by atoms with van der Waals surface area (Å²) < 4.78 is 5.32. The molecule has 1 aromatic rings. The molecule has 0 unspecified atom stereocenters. The normalized spacial score (nSPS) is 16.6. The lowest BCUT2D eigenvalue weighted by molar-refractivity contribution is -0.121. The summed E-state index contributed by atoms with van der Waals surface area (Å²) >= 11 is 0. The number of methoxy groups -OCH3 is 1. The lowest BCUT2D eigenvalue weighted by Crippen LogP contribution is -2.48. The van der Waals surface area contributed by atoms with Gasteiger partial charge in [0.1, 0.15) is 0 Å². The molecule has 1 aliphatic heterocycles. The molecule has 126 valence electrons. The van der Waals surface area contributed by atoms with E-state index in [1.807, 2.05) is 6.07 Å². The molecule has 1 saturated heterocycles. The zero-order valence-electron chi connectivity index (χ0n) is 13.6. The van der Waals surface area contributed by atoms with Crippen molar-refractivity contribution in [1.29, 1.82) is 0 Å². The SMILES string of the molecule is COCC1(CNC(=O)CNC(=O)c2ccccc2)CCNCC1. The second-order valence-electron chi connectivity index (χ2n) is 6.01. The third-order valence-electron chi connectivity index (χ3n) is 4.22. The van der Waals surface area contributed by atoms with Crippen molar-refractivity contribution in [3.05, 3.63) is 35.9 Å². The fourth-order valence-corrected chi connectivity index (χ4v) is 2.84. The average Bonchev–Trinajstić information content (AvgIpc) is 2.60. The second-order valence-corrected chi connectivity index (χ2v) is 6.01. The molecule has 23 heavy (non-hydrogen) atoms. The van der Waals surface area contributed by atoms with Gasteiger partial charge in [-0.25, -0.2) is 0 Å². The molecule has 1 fully saturated rings. The summed E-state index contributed by atoms with van der Waals surface area (Å²) in [7, 11) is 1.69. The summed E-state index contributed by atoms with van der Waals surface area (Å²) in [5.74, 6) is -0.419. The molecule has 0 spiro atoms. The molecular formula is C17H25N3O3. The van der Waals surface area contributed by atoms with Gasteiger partial charge in [0.25, 0.3) is 5.91 Å². The van der Waals surface area contributed by atoms with Crippen LogP contribution in [0, 0.1) is 5.41 Å². The molecule has 2 rings (SSSR count). The summed E-state index contributed by atoms with van der Waals surface area (Å²) in [4.78, 5) is 23.9. The molecule has 1 aromatic carbocycles. The lowest BCUT2D eigenvalue weighted by atomic mass is 9.79. The van der Waals surface area contributed by atoms with E-state index in [9.17, 15) is 9.59 Å². The van der Waals surface area contributed by atoms with Crippen LogP contribution in [0.5, 0.6) is 0 Å². The molecular weight excluding hydrogens is 294 g/mol. The number of hydrogen-bond donors (Lipinski definition) is 3. The van der Waals surface area contributed by atoms with E-state index >= 15 is 0 Å². The van der Waals surface area contributed by atoms with Crippen molar-refractivity contribution >= 4 is 11.8 Å². The fraction of sp³-hybridized carbons (Fsp3) is 0.529. The van der Waals surface area contributed by atoms with Gasteiger partial charge in [-0.1, -0.05) is 18.2 Å². The molecule has 0 aromatic heterocycles. The number of rotatable bonds is 7. The summed E-state index contributed by atoms with van der Waals surface area (Å²) in [5, 5.41) is 8.88. The topological polar surface area (TPSA) is 79.5 Å². The third kappa shape index (κ3) is 5.33. The molecule has 0 saturated carbocycles. The summed E-state index contributed by atoms with van der Waals surface area (Å²) in [6, 6.07) is 8.87. The van der Waals surface area contributed by atoms with Gasteiger partial charge in [0.2, 0.25) is 5.91 Å². The van der Waals surface area contributed by atoms with E-state index in [-0.39, 0.29) is 23.8 Å². The molecule has 3 N–H and O–H groups in total. The highest BCUT2D eigenvalue weighted by atomic mass is 16.5. The Morgan fingerprint density at radius 3 is 2.52 bits per heavy atom. The van der Waals surface area contributed by atoms with Crippen LogP contribution in [0.3, 0.4) is 0 Å². The molecule has 2 amide bonds. The van der Waals surface area contributed by atoms with Crippen molar-refractivity contribution in [1.82, 2.24) is 16.0 Å². The lowest BCUT2D eigenvalue weighted by Gasteiger charge is -2.37. The van der Waals surface area contributed by atoms with Gasteiger partial charge < -0.3 is 20.7 Å². The van der Waals surface area contributed by atoms with E-state index < -0.39 is 0 Å². The Labute approximate surface area is 137 Å². The highest BCUT2D eigenvalue weighted by molar-refractivity contribution is 5.96. The molecule has 0 atom stereocenters. The molecule has 0 bridgehead atoms. The predicted molar refractivity (Wildman–Crippen MR) is 88.2 cm³/mol. The van der Waals surface area contributed by atoms with E-state index in [1.165, 1.54) is 0 Å². The highest BCUT2D eigenvalue weighted by Crippen LogP contribution is 2.28. The molecule has 0 aliphatic carbocycles. The van der Waals surface area contributed by atoms with Gasteiger partial charge in [-0.3, -0.25) is 9.59 Å². The minimum atomic E-state index is -0.241. The number of carbonyl (C=O) groups is 2. The molecule has 6 heteroatoms. The number of benzene rings is 1. The van der Waals surface area contributed by atoms with Crippen LogP contribution >= 0.6 is 0 Å². The Hall–Kier alpha value is -1.92. The summed E-state index contributed by atoms with van der Waals surface area (Å²) in [5.41, 5.74) is 0.536. The van der Waals surface area contributed by atoms with Crippen molar-refractivity contribution in [2.45, 2.75) is 12.8 Å². The fourth-order valence-electron chi connectivity index (χ4n) is 2.84. The van der Waals surface area contributed by atoms with Crippen molar-refractivity contribution in [3.63, 3.8) is 0 Å². The van der Waals surface area contributed by atoms with Crippen LogP contribution in [0.4, 0.5) is 0 Å². The molecule has 1 heterocycles. The van der Waals surface area contributed by atoms with Crippen LogP contribution in [-0.4, -0.2) is 51.7 Å². The summed E-state index contributed by atoms with van der Waals surface area (Å²) in [6.45, 7) is 3.05. The highest BCUT2D eigenvalue weighted by Gasteiger charge is 2.32. The Balaban J connectivity index is 1.76. The second kappa shape index (κ2) is 8.64. The predicted octanol–water partition coefficient (Wildman–Crippen LogP) is 0.549. The number of amides is 2.